The third-order valence-electron chi connectivity index (χ3n) is 3.29. The number of hydrogen-bond donors (Lipinski definition) is 2. The van der Waals surface area contributed by atoms with Crippen LogP contribution in [0.1, 0.15) is 40.5 Å². The molecular formula is C16H37IN4O3S. The van der Waals surface area contributed by atoms with Gasteiger partial charge in [0.2, 0.25) is 10.0 Å². The lowest BCUT2D eigenvalue weighted by Crippen LogP contribution is -2.39. The second kappa shape index (κ2) is 16.1. The molecule has 0 saturated heterocycles. The quantitative estimate of drug-likeness (QED) is 0.178. The molecule has 2 N–H and O–H groups in total. The summed E-state index contributed by atoms with van der Waals surface area (Å²) in [6.45, 7) is 12.1. The van der Waals surface area contributed by atoms with E-state index in [4.69, 9.17) is 4.74 Å². The summed E-state index contributed by atoms with van der Waals surface area (Å²) in [5.74, 6) is 1.46. The van der Waals surface area contributed by atoms with Gasteiger partial charge in [-0.3, -0.25) is 4.99 Å². The van der Waals surface area contributed by atoms with Gasteiger partial charge in [-0.05, 0) is 32.6 Å². The van der Waals surface area contributed by atoms with Gasteiger partial charge in [0, 0.05) is 46.4 Å². The lowest BCUT2D eigenvalue weighted by atomic mass is 10.2. The molecule has 0 aromatic heterocycles. The van der Waals surface area contributed by atoms with Gasteiger partial charge in [-0.25, -0.2) is 12.7 Å². The van der Waals surface area contributed by atoms with Crippen molar-refractivity contribution in [3.8, 4) is 0 Å². The number of halogens is 1. The Hall–Kier alpha value is -0.130. The van der Waals surface area contributed by atoms with Crippen LogP contribution in [0.3, 0.4) is 0 Å². The zero-order valence-corrected chi connectivity index (χ0v) is 19.5. The second-order valence-corrected chi connectivity index (χ2v) is 8.45. The van der Waals surface area contributed by atoms with Crippen molar-refractivity contribution in [3.05, 3.63) is 0 Å². The number of guanidine groups is 1. The Morgan fingerprint density at radius 3 is 2.44 bits per heavy atom. The Balaban J connectivity index is 0. The van der Waals surface area contributed by atoms with Crippen LogP contribution in [0.15, 0.2) is 4.99 Å². The SMILES string of the molecule is CCNC(=NCCCOCC(C)C)NCCCN(C)S(=O)(=O)CC.I. The number of nitrogens with one attached hydrogen (secondary N) is 2. The molecule has 0 unspecified atom stereocenters. The average molecular weight is 492 g/mol. The highest BCUT2D eigenvalue weighted by atomic mass is 127. The number of sulfonamides is 1. The lowest BCUT2D eigenvalue weighted by molar-refractivity contribution is 0.109. The topological polar surface area (TPSA) is 83.0 Å². The molecule has 0 atom stereocenters. The lowest BCUT2D eigenvalue weighted by Gasteiger charge is -2.16. The highest BCUT2D eigenvalue weighted by molar-refractivity contribution is 14.0. The number of ether oxygens (including phenoxy) is 1. The fraction of sp³-hybridized carbons (Fsp3) is 0.938. The van der Waals surface area contributed by atoms with Crippen LogP contribution < -0.4 is 10.6 Å². The van der Waals surface area contributed by atoms with Crippen molar-refractivity contribution in [2.45, 2.75) is 40.5 Å². The Kier molecular flexibility index (Phi) is 17.4. The minimum atomic E-state index is -3.09. The summed E-state index contributed by atoms with van der Waals surface area (Å²) < 4.78 is 30.3. The van der Waals surface area contributed by atoms with Crippen molar-refractivity contribution in [1.29, 1.82) is 0 Å². The van der Waals surface area contributed by atoms with Gasteiger partial charge in [0.05, 0.1) is 5.75 Å². The normalized spacial score (nSPS) is 12.4. The molecule has 0 amide bonds. The van der Waals surface area contributed by atoms with Crippen molar-refractivity contribution in [2.75, 3.05) is 52.2 Å². The summed E-state index contributed by atoms with van der Waals surface area (Å²) in [7, 11) is -1.47. The Labute approximate surface area is 171 Å². The third-order valence-corrected chi connectivity index (χ3v) is 5.16. The molecule has 7 nitrogen and oxygen atoms in total. The van der Waals surface area contributed by atoms with Crippen LogP contribution in [0, 0.1) is 5.92 Å². The molecule has 0 aromatic carbocycles. The van der Waals surface area contributed by atoms with Crippen LogP contribution in [0.25, 0.3) is 0 Å². The van der Waals surface area contributed by atoms with Crippen LogP contribution >= 0.6 is 24.0 Å². The molecule has 0 aliphatic carbocycles. The zero-order valence-electron chi connectivity index (χ0n) is 16.4. The third kappa shape index (κ3) is 14.7. The minimum Gasteiger partial charge on any atom is -0.381 e. The molecule has 0 fully saturated rings. The summed E-state index contributed by atoms with van der Waals surface area (Å²) in [5, 5.41) is 6.42. The molecule has 0 radical (unpaired) electrons. The first-order valence-electron chi connectivity index (χ1n) is 8.87. The van der Waals surface area contributed by atoms with Crippen LogP contribution in [-0.2, 0) is 14.8 Å². The highest BCUT2D eigenvalue weighted by Crippen LogP contribution is 1.98. The molecule has 0 rings (SSSR count). The molecule has 0 saturated carbocycles. The van der Waals surface area contributed by atoms with E-state index in [1.165, 1.54) is 4.31 Å². The van der Waals surface area contributed by atoms with Crippen LogP contribution in [-0.4, -0.2) is 70.9 Å². The molecule has 9 heteroatoms. The standard InChI is InChI=1S/C16H36N4O3S.HI/c1-6-17-16(19-11-9-13-23-14-15(3)4)18-10-8-12-20(5)24(21,22)7-2;/h15H,6-14H2,1-5H3,(H2,17,18,19);1H. The maximum Gasteiger partial charge on any atom is 0.213 e. The number of rotatable bonds is 13. The van der Waals surface area contributed by atoms with E-state index in [1.807, 2.05) is 6.92 Å². The number of hydrogen-bond acceptors (Lipinski definition) is 4. The summed E-state index contributed by atoms with van der Waals surface area (Å²) in [6, 6.07) is 0. The van der Waals surface area contributed by atoms with Crippen molar-refractivity contribution in [1.82, 2.24) is 14.9 Å². The van der Waals surface area contributed by atoms with E-state index in [1.54, 1.807) is 14.0 Å². The van der Waals surface area contributed by atoms with Gasteiger partial charge >= 0.3 is 0 Å². The van der Waals surface area contributed by atoms with E-state index >= 15 is 0 Å². The average Bonchev–Trinajstić information content (AvgIpc) is 2.53. The fourth-order valence-corrected chi connectivity index (χ4v) is 2.73. The van der Waals surface area contributed by atoms with Crippen LogP contribution in [0.2, 0.25) is 0 Å². The van der Waals surface area contributed by atoms with Crippen molar-refractivity contribution < 1.29 is 13.2 Å². The largest absolute Gasteiger partial charge is 0.381 e. The van der Waals surface area contributed by atoms with Gasteiger partial charge in [-0.15, -0.1) is 24.0 Å². The van der Waals surface area contributed by atoms with Gasteiger partial charge < -0.3 is 15.4 Å². The van der Waals surface area contributed by atoms with Crippen molar-refractivity contribution in [3.63, 3.8) is 0 Å². The Morgan fingerprint density at radius 1 is 1.20 bits per heavy atom. The maximum atomic E-state index is 11.7. The van der Waals surface area contributed by atoms with Crippen LogP contribution in [0.5, 0.6) is 0 Å². The van der Waals surface area contributed by atoms with Crippen molar-refractivity contribution in [2.24, 2.45) is 10.9 Å². The Bertz CT molecular complexity index is 445. The predicted octanol–water partition coefficient (Wildman–Crippen LogP) is 1.89. The summed E-state index contributed by atoms with van der Waals surface area (Å²) in [6.07, 6.45) is 1.62. The molecule has 152 valence electrons. The smallest absolute Gasteiger partial charge is 0.213 e. The van der Waals surface area contributed by atoms with Crippen LogP contribution in [0.4, 0.5) is 0 Å². The Morgan fingerprint density at radius 2 is 1.88 bits per heavy atom. The summed E-state index contributed by atoms with van der Waals surface area (Å²) >= 11 is 0. The number of nitrogens with zero attached hydrogens (tertiary/aromatic N) is 2. The second-order valence-electron chi connectivity index (χ2n) is 6.09. The minimum absolute atomic E-state index is 0. The van der Waals surface area contributed by atoms with E-state index in [9.17, 15) is 8.42 Å². The van der Waals surface area contributed by atoms with E-state index in [-0.39, 0.29) is 29.7 Å². The predicted molar refractivity (Wildman–Crippen MR) is 116 cm³/mol. The monoisotopic (exact) mass is 492 g/mol. The molecule has 0 spiro atoms. The summed E-state index contributed by atoms with van der Waals surface area (Å²) in [4.78, 5) is 4.49. The van der Waals surface area contributed by atoms with E-state index < -0.39 is 10.0 Å². The molecule has 0 aromatic rings. The van der Waals surface area contributed by atoms with E-state index in [0.29, 0.717) is 25.6 Å². The zero-order chi connectivity index (χ0) is 18.4. The van der Waals surface area contributed by atoms with Gasteiger partial charge in [0.1, 0.15) is 0 Å². The van der Waals surface area contributed by atoms with E-state index in [2.05, 4.69) is 29.5 Å². The molecule has 0 heterocycles. The van der Waals surface area contributed by atoms with Gasteiger partial charge in [-0.1, -0.05) is 13.8 Å². The van der Waals surface area contributed by atoms with Gasteiger partial charge in [-0.2, -0.15) is 0 Å². The maximum absolute atomic E-state index is 11.7. The molecule has 0 aliphatic heterocycles. The molecule has 0 bridgehead atoms. The van der Waals surface area contributed by atoms with Gasteiger partial charge in [0.15, 0.2) is 5.96 Å². The first kappa shape index (κ1) is 27.1. The van der Waals surface area contributed by atoms with Gasteiger partial charge in [0.25, 0.3) is 0 Å². The first-order chi connectivity index (χ1) is 11.3. The molecular weight excluding hydrogens is 455 g/mol. The summed E-state index contributed by atoms with van der Waals surface area (Å²) in [5.41, 5.74) is 0. The first-order valence-corrected chi connectivity index (χ1v) is 10.5. The molecule has 25 heavy (non-hydrogen) atoms. The number of aliphatic imine (C=N–C) groups is 1. The fourth-order valence-electron chi connectivity index (χ4n) is 1.89. The molecule has 0 aliphatic rings. The van der Waals surface area contributed by atoms with E-state index in [0.717, 1.165) is 38.6 Å². The van der Waals surface area contributed by atoms with Crippen molar-refractivity contribution >= 4 is 40.0 Å². The highest BCUT2D eigenvalue weighted by Gasteiger charge is 2.13.